The van der Waals surface area contributed by atoms with E-state index in [0.717, 1.165) is 13.2 Å². The molecule has 0 radical (unpaired) electrons. The minimum absolute atomic E-state index is 0.563. The number of nitrogens with zero attached hydrogens (tertiary/aromatic N) is 1. The van der Waals surface area contributed by atoms with E-state index in [2.05, 4.69) is 11.7 Å². The fourth-order valence-corrected chi connectivity index (χ4v) is 2.28. The summed E-state index contributed by atoms with van der Waals surface area (Å²) >= 11 is 0. The Balaban J connectivity index is 1.88. The second-order valence-electron chi connectivity index (χ2n) is 3.86. The molecule has 0 unspecified atom stereocenters. The van der Waals surface area contributed by atoms with Crippen molar-refractivity contribution in [2.45, 2.75) is 31.7 Å². The smallest absolute Gasteiger partial charge is 0.0503 e. The predicted octanol–water partition coefficient (Wildman–Crippen LogP) is 1.65. The molecular weight excluding hydrogens is 138 g/mol. The Morgan fingerprint density at radius 3 is 2.45 bits per heavy atom. The average Bonchev–Trinajstić information content (AvgIpc) is 2.01. The van der Waals surface area contributed by atoms with E-state index in [1.54, 1.807) is 0 Å². The first-order chi connectivity index (χ1) is 5.35. The summed E-state index contributed by atoms with van der Waals surface area (Å²) in [6.45, 7) is 5.50. The molecule has 0 amide bonds. The lowest BCUT2D eigenvalue weighted by Gasteiger charge is -2.48. The highest BCUT2D eigenvalue weighted by molar-refractivity contribution is 5.25. The van der Waals surface area contributed by atoms with Crippen molar-refractivity contribution in [2.24, 2.45) is 10.4 Å². The third kappa shape index (κ3) is 1.20. The van der Waals surface area contributed by atoms with Crippen LogP contribution < -0.4 is 0 Å². The minimum atomic E-state index is 0.563. The van der Waals surface area contributed by atoms with Crippen LogP contribution in [0.3, 0.4) is 0 Å². The molecule has 1 saturated carbocycles. The van der Waals surface area contributed by atoms with E-state index in [0.29, 0.717) is 11.5 Å². The van der Waals surface area contributed by atoms with E-state index in [-0.39, 0.29) is 0 Å². The molecule has 2 nitrogen and oxygen atoms in total. The zero-order chi connectivity index (χ0) is 7.73. The Morgan fingerprint density at radius 2 is 1.91 bits per heavy atom. The van der Waals surface area contributed by atoms with Crippen molar-refractivity contribution in [1.29, 1.82) is 0 Å². The first-order valence-corrected chi connectivity index (χ1v) is 4.38. The van der Waals surface area contributed by atoms with E-state index in [9.17, 15) is 0 Å². The van der Waals surface area contributed by atoms with Gasteiger partial charge in [0.25, 0.3) is 0 Å². The van der Waals surface area contributed by atoms with Crippen LogP contribution in [0.15, 0.2) is 4.99 Å². The lowest BCUT2D eigenvalue weighted by molar-refractivity contribution is -0.0372. The zero-order valence-corrected chi connectivity index (χ0v) is 6.88. The van der Waals surface area contributed by atoms with Crippen LogP contribution in [0, 0.1) is 5.41 Å². The molecular formula is C9H15NO. The van der Waals surface area contributed by atoms with Gasteiger partial charge in [-0.1, -0.05) is 0 Å². The monoisotopic (exact) mass is 153 g/mol. The van der Waals surface area contributed by atoms with Gasteiger partial charge in [-0.3, -0.25) is 4.99 Å². The summed E-state index contributed by atoms with van der Waals surface area (Å²) in [5.41, 5.74) is 0.615. The summed E-state index contributed by atoms with van der Waals surface area (Å²) < 4.78 is 5.32. The van der Waals surface area contributed by atoms with Crippen LogP contribution in [0.25, 0.3) is 0 Å². The maximum atomic E-state index is 5.32. The molecule has 2 rings (SSSR count). The van der Waals surface area contributed by atoms with Gasteiger partial charge in [0.2, 0.25) is 0 Å². The van der Waals surface area contributed by atoms with Gasteiger partial charge in [0.1, 0.15) is 0 Å². The van der Waals surface area contributed by atoms with Gasteiger partial charge >= 0.3 is 0 Å². The number of hydrogen-bond acceptors (Lipinski definition) is 2. The number of rotatable bonds is 1. The number of ether oxygens (including phenoxy) is 1. The van der Waals surface area contributed by atoms with Crippen LogP contribution in [0.2, 0.25) is 0 Å². The van der Waals surface area contributed by atoms with Gasteiger partial charge in [-0.15, -0.1) is 0 Å². The standard InChI is InChI=1S/C9H15NO/c1-10-8-6-9(7-8)2-4-11-5-3-9/h8H,1-7H2. The average molecular weight is 153 g/mol. The molecule has 2 heteroatoms. The molecule has 1 heterocycles. The summed E-state index contributed by atoms with van der Waals surface area (Å²) in [5.74, 6) is 0. The second kappa shape index (κ2) is 2.59. The van der Waals surface area contributed by atoms with Crippen LogP contribution in [0.5, 0.6) is 0 Å². The molecule has 0 atom stereocenters. The van der Waals surface area contributed by atoms with Gasteiger partial charge in [-0.05, 0) is 37.8 Å². The molecule has 11 heavy (non-hydrogen) atoms. The molecule has 62 valence electrons. The van der Waals surface area contributed by atoms with Crippen molar-refractivity contribution < 1.29 is 4.74 Å². The molecule has 1 spiro atoms. The van der Waals surface area contributed by atoms with Gasteiger partial charge in [0, 0.05) is 13.2 Å². The van der Waals surface area contributed by atoms with Crippen molar-refractivity contribution in [2.75, 3.05) is 13.2 Å². The summed E-state index contributed by atoms with van der Waals surface area (Å²) in [4.78, 5) is 4.05. The molecule has 0 bridgehead atoms. The van der Waals surface area contributed by atoms with Gasteiger partial charge in [-0.25, -0.2) is 0 Å². The van der Waals surface area contributed by atoms with E-state index >= 15 is 0 Å². The highest BCUT2D eigenvalue weighted by Crippen LogP contribution is 2.49. The Kier molecular flexibility index (Phi) is 1.72. The van der Waals surface area contributed by atoms with Crippen molar-refractivity contribution in [1.82, 2.24) is 0 Å². The molecule has 0 aromatic heterocycles. The summed E-state index contributed by atoms with van der Waals surface area (Å²) in [7, 11) is 0. The van der Waals surface area contributed by atoms with E-state index in [1.807, 2.05) is 0 Å². The Bertz CT molecular complexity index is 153. The SMILES string of the molecule is C=NC1CC2(CCOCC2)C1. The fourth-order valence-electron chi connectivity index (χ4n) is 2.28. The molecule has 0 aromatic rings. The molecule has 0 aromatic carbocycles. The first-order valence-electron chi connectivity index (χ1n) is 4.38. The molecule has 2 fully saturated rings. The quantitative estimate of drug-likeness (QED) is 0.525. The van der Waals surface area contributed by atoms with E-state index < -0.39 is 0 Å². The molecule has 1 aliphatic carbocycles. The van der Waals surface area contributed by atoms with Crippen molar-refractivity contribution in [3.05, 3.63) is 0 Å². The van der Waals surface area contributed by atoms with Crippen LogP contribution >= 0.6 is 0 Å². The molecule has 2 aliphatic rings. The lowest BCUT2D eigenvalue weighted by atomic mass is 9.61. The molecule has 1 aliphatic heterocycles. The third-order valence-electron chi connectivity index (χ3n) is 3.15. The Hall–Kier alpha value is -0.370. The predicted molar refractivity (Wildman–Crippen MR) is 45.1 cm³/mol. The van der Waals surface area contributed by atoms with Gasteiger partial charge in [-0.2, -0.15) is 0 Å². The van der Waals surface area contributed by atoms with Gasteiger partial charge in [0.15, 0.2) is 0 Å². The normalized spacial score (nSPS) is 29.8. The highest BCUT2D eigenvalue weighted by Gasteiger charge is 2.44. The van der Waals surface area contributed by atoms with Crippen LogP contribution in [0.4, 0.5) is 0 Å². The minimum Gasteiger partial charge on any atom is -0.381 e. The lowest BCUT2D eigenvalue weighted by Crippen LogP contribution is -2.43. The summed E-state index contributed by atoms with van der Waals surface area (Å²) in [6.07, 6.45) is 5.03. The number of hydrogen-bond donors (Lipinski definition) is 0. The summed E-state index contributed by atoms with van der Waals surface area (Å²) in [6, 6.07) is 0.563. The zero-order valence-electron chi connectivity index (χ0n) is 6.88. The van der Waals surface area contributed by atoms with Crippen LogP contribution in [-0.2, 0) is 4.74 Å². The summed E-state index contributed by atoms with van der Waals surface area (Å²) in [5, 5.41) is 0. The maximum absolute atomic E-state index is 5.32. The fraction of sp³-hybridized carbons (Fsp3) is 0.889. The van der Waals surface area contributed by atoms with E-state index in [1.165, 1.54) is 25.7 Å². The largest absolute Gasteiger partial charge is 0.381 e. The molecule has 1 saturated heterocycles. The van der Waals surface area contributed by atoms with Crippen LogP contribution in [0.1, 0.15) is 25.7 Å². The maximum Gasteiger partial charge on any atom is 0.0503 e. The second-order valence-corrected chi connectivity index (χ2v) is 3.86. The first kappa shape index (κ1) is 7.29. The van der Waals surface area contributed by atoms with Gasteiger partial charge in [0.05, 0.1) is 6.04 Å². The Morgan fingerprint density at radius 1 is 1.27 bits per heavy atom. The third-order valence-corrected chi connectivity index (χ3v) is 3.15. The van der Waals surface area contributed by atoms with Crippen molar-refractivity contribution in [3.63, 3.8) is 0 Å². The Labute approximate surface area is 67.7 Å². The van der Waals surface area contributed by atoms with Gasteiger partial charge < -0.3 is 4.74 Å². The topological polar surface area (TPSA) is 21.6 Å². The van der Waals surface area contributed by atoms with E-state index in [4.69, 9.17) is 4.74 Å². The van der Waals surface area contributed by atoms with Crippen molar-refractivity contribution >= 4 is 6.72 Å². The van der Waals surface area contributed by atoms with Crippen LogP contribution in [-0.4, -0.2) is 26.0 Å². The number of aliphatic imine (C=N–C) groups is 1. The molecule has 0 N–H and O–H groups in total. The van der Waals surface area contributed by atoms with Crippen molar-refractivity contribution in [3.8, 4) is 0 Å². The highest BCUT2D eigenvalue weighted by atomic mass is 16.5.